The molecule has 0 fully saturated rings. The number of nitrogens with one attached hydrogen (secondary N) is 2. The highest BCUT2D eigenvalue weighted by atomic mass is 32.1. The van der Waals surface area contributed by atoms with Gasteiger partial charge in [0.1, 0.15) is 5.69 Å². The summed E-state index contributed by atoms with van der Waals surface area (Å²) in [7, 11) is 0. The van der Waals surface area contributed by atoms with Gasteiger partial charge < -0.3 is 9.55 Å². The Labute approximate surface area is 110 Å². The van der Waals surface area contributed by atoms with E-state index in [-0.39, 0.29) is 5.91 Å². The number of aromatic amines is 1. The fourth-order valence-electron chi connectivity index (χ4n) is 1.69. The van der Waals surface area contributed by atoms with Crippen LogP contribution in [-0.2, 0) is 6.54 Å². The largest absolute Gasteiger partial charge is 0.337 e. The summed E-state index contributed by atoms with van der Waals surface area (Å²) in [5.74, 6) is 4.77. The molecule has 0 spiro atoms. The third-order valence-electron chi connectivity index (χ3n) is 2.69. The fraction of sp³-hybridized carbons (Fsp3) is 0.167. The lowest BCUT2D eigenvalue weighted by molar-refractivity contribution is 0.0944. The SMILES string of the molecule is Cc1ccc(Cn2c(C(=O)NN)c[nH]c2=S)cc1. The molecule has 0 unspecified atom stereocenters. The van der Waals surface area contributed by atoms with Gasteiger partial charge in [0.05, 0.1) is 6.54 Å². The van der Waals surface area contributed by atoms with E-state index in [1.54, 1.807) is 10.8 Å². The average Bonchev–Trinajstić information content (AvgIpc) is 2.73. The van der Waals surface area contributed by atoms with Crippen molar-refractivity contribution in [3.8, 4) is 0 Å². The van der Waals surface area contributed by atoms with E-state index in [2.05, 4.69) is 10.4 Å². The average molecular weight is 262 g/mol. The number of carbonyl (C=O) groups excluding carboxylic acids is 1. The van der Waals surface area contributed by atoms with E-state index in [0.29, 0.717) is 17.0 Å². The second-order valence-electron chi connectivity index (χ2n) is 4.02. The molecule has 0 saturated carbocycles. The molecule has 1 aromatic heterocycles. The highest BCUT2D eigenvalue weighted by Gasteiger charge is 2.11. The van der Waals surface area contributed by atoms with E-state index in [4.69, 9.17) is 18.1 Å². The van der Waals surface area contributed by atoms with Crippen molar-refractivity contribution in [2.24, 2.45) is 5.84 Å². The molecule has 6 heteroatoms. The minimum Gasteiger partial charge on any atom is -0.337 e. The van der Waals surface area contributed by atoms with Crippen molar-refractivity contribution < 1.29 is 4.79 Å². The lowest BCUT2D eigenvalue weighted by Gasteiger charge is -2.07. The van der Waals surface area contributed by atoms with E-state index >= 15 is 0 Å². The van der Waals surface area contributed by atoms with Crippen molar-refractivity contribution in [3.63, 3.8) is 0 Å². The zero-order valence-electron chi connectivity index (χ0n) is 9.93. The number of benzene rings is 1. The van der Waals surface area contributed by atoms with Crippen LogP contribution in [0.15, 0.2) is 30.5 Å². The van der Waals surface area contributed by atoms with Gasteiger partial charge in [0, 0.05) is 6.20 Å². The monoisotopic (exact) mass is 262 g/mol. The summed E-state index contributed by atoms with van der Waals surface area (Å²) in [5, 5.41) is 0. The topological polar surface area (TPSA) is 75.8 Å². The second-order valence-corrected chi connectivity index (χ2v) is 4.41. The molecule has 1 heterocycles. The molecule has 0 atom stereocenters. The summed E-state index contributed by atoms with van der Waals surface area (Å²) >= 11 is 5.15. The van der Waals surface area contributed by atoms with E-state index < -0.39 is 0 Å². The number of hydrogen-bond donors (Lipinski definition) is 3. The van der Waals surface area contributed by atoms with Gasteiger partial charge in [-0.3, -0.25) is 10.2 Å². The van der Waals surface area contributed by atoms with Crippen LogP contribution in [0.25, 0.3) is 0 Å². The normalized spacial score (nSPS) is 10.3. The van der Waals surface area contributed by atoms with Gasteiger partial charge in [-0.15, -0.1) is 0 Å². The van der Waals surface area contributed by atoms with Crippen molar-refractivity contribution in [3.05, 3.63) is 52.1 Å². The molecule has 1 aromatic carbocycles. The molecule has 0 aliphatic rings. The predicted octanol–water partition coefficient (Wildman–Crippen LogP) is 1.51. The van der Waals surface area contributed by atoms with Gasteiger partial charge in [-0.2, -0.15) is 0 Å². The molecular formula is C12H14N4OS. The minimum absolute atomic E-state index is 0.366. The van der Waals surface area contributed by atoms with Gasteiger partial charge in [-0.05, 0) is 24.7 Å². The zero-order chi connectivity index (χ0) is 13.1. The van der Waals surface area contributed by atoms with Crippen molar-refractivity contribution >= 4 is 18.1 Å². The van der Waals surface area contributed by atoms with Gasteiger partial charge in [0.25, 0.3) is 5.91 Å². The number of aryl methyl sites for hydroxylation is 1. The molecule has 0 radical (unpaired) electrons. The van der Waals surface area contributed by atoms with Crippen LogP contribution in [0.3, 0.4) is 0 Å². The standard InChI is InChI=1S/C12H14N4OS/c1-8-2-4-9(5-3-8)7-16-10(11(17)15-13)6-14-12(16)18/h2-6H,7,13H2,1H3,(H,14,18)(H,15,17). The smallest absolute Gasteiger partial charge is 0.283 e. The second kappa shape index (κ2) is 5.16. The Kier molecular flexibility index (Phi) is 3.59. The number of hydrogen-bond acceptors (Lipinski definition) is 3. The first-order valence-corrected chi connectivity index (χ1v) is 5.87. The summed E-state index contributed by atoms with van der Waals surface area (Å²) in [4.78, 5) is 14.4. The zero-order valence-corrected chi connectivity index (χ0v) is 10.8. The maximum atomic E-state index is 11.6. The number of hydrazine groups is 1. The van der Waals surface area contributed by atoms with Gasteiger partial charge in [0.2, 0.25) is 0 Å². The lowest BCUT2D eigenvalue weighted by Crippen LogP contribution is -2.31. The molecule has 1 amide bonds. The number of nitrogen functional groups attached to an aromatic ring is 1. The molecule has 94 valence electrons. The predicted molar refractivity (Wildman–Crippen MR) is 71.6 cm³/mol. The summed E-state index contributed by atoms with van der Waals surface area (Å²) in [6, 6.07) is 8.06. The molecule has 2 aromatic rings. The van der Waals surface area contributed by atoms with E-state index in [9.17, 15) is 4.79 Å². The van der Waals surface area contributed by atoms with Gasteiger partial charge >= 0.3 is 0 Å². The van der Waals surface area contributed by atoms with Crippen molar-refractivity contribution in [1.29, 1.82) is 0 Å². The number of H-pyrrole nitrogens is 1. The molecule has 0 aliphatic carbocycles. The quantitative estimate of drug-likeness (QED) is 0.339. The van der Waals surface area contributed by atoms with E-state index in [1.807, 2.05) is 31.2 Å². The summed E-state index contributed by atoms with van der Waals surface area (Å²) in [6.07, 6.45) is 1.55. The molecule has 4 N–H and O–H groups in total. The van der Waals surface area contributed by atoms with Crippen LogP contribution in [0.5, 0.6) is 0 Å². The highest BCUT2D eigenvalue weighted by molar-refractivity contribution is 7.71. The Bertz CT molecular complexity index is 612. The summed E-state index contributed by atoms with van der Waals surface area (Å²) in [5.41, 5.74) is 4.79. The van der Waals surface area contributed by atoms with Crippen molar-refractivity contribution in [2.75, 3.05) is 0 Å². The molecule has 2 rings (SSSR count). The van der Waals surface area contributed by atoms with Crippen LogP contribution in [0, 0.1) is 11.7 Å². The van der Waals surface area contributed by atoms with Gasteiger partial charge in [0.15, 0.2) is 4.77 Å². The number of nitrogens with zero attached hydrogens (tertiary/aromatic N) is 1. The van der Waals surface area contributed by atoms with Crippen LogP contribution < -0.4 is 11.3 Å². The van der Waals surface area contributed by atoms with Crippen LogP contribution in [-0.4, -0.2) is 15.5 Å². The molecular weight excluding hydrogens is 248 g/mol. The number of nitrogens with two attached hydrogens (primary N) is 1. The van der Waals surface area contributed by atoms with Gasteiger partial charge in [-0.25, -0.2) is 5.84 Å². The number of aromatic nitrogens is 2. The number of rotatable bonds is 3. The Morgan fingerprint density at radius 3 is 2.72 bits per heavy atom. The van der Waals surface area contributed by atoms with Gasteiger partial charge in [-0.1, -0.05) is 29.8 Å². The molecule has 0 aliphatic heterocycles. The van der Waals surface area contributed by atoms with E-state index in [1.165, 1.54) is 5.56 Å². The molecule has 5 nitrogen and oxygen atoms in total. The van der Waals surface area contributed by atoms with Crippen LogP contribution in [0.1, 0.15) is 21.6 Å². The van der Waals surface area contributed by atoms with E-state index in [0.717, 1.165) is 5.56 Å². The first kappa shape index (κ1) is 12.5. The first-order valence-electron chi connectivity index (χ1n) is 5.46. The molecule has 0 saturated heterocycles. The lowest BCUT2D eigenvalue weighted by atomic mass is 10.1. The number of imidazole rings is 1. The Balaban J connectivity index is 2.34. The summed E-state index contributed by atoms with van der Waals surface area (Å²) in [6.45, 7) is 2.56. The Morgan fingerprint density at radius 1 is 1.44 bits per heavy atom. The third kappa shape index (κ3) is 2.49. The van der Waals surface area contributed by atoms with Crippen molar-refractivity contribution in [2.45, 2.75) is 13.5 Å². The summed E-state index contributed by atoms with van der Waals surface area (Å²) < 4.78 is 2.21. The highest BCUT2D eigenvalue weighted by Crippen LogP contribution is 2.09. The number of amides is 1. The maximum Gasteiger partial charge on any atom is 0.283 e. The Hall–Kier alpha value is -1.92. The van der Waals surface area contributed by atoms with Crippen molar-refractivity contribution in [1.82, 2.24) is 15.0 Å². The molecule has 18 heavy (non-hydrogen) atoms. The first-order chi connectivity index (χ1) is 8.61. The third-order valence-corrected chi connectivity index (χ3v) is 3.03. The maximum absolute atomic E-state index is 11.6. The molecule has 0 bridgehead atoms. The number of carbonyl (C=O) groups is 1. The van der Waals surface area contributed by atoms with Crippen LogP contribution in [0.2, 0.25) is 0 Å². The van der Waals surface area contributed by atoms with Crippen LogP contribution >= 0.6 is 12.2 Å². The van der Waals surface area contributed by atoms with Crippen LogP contribution in [0.4, 0.5) is 0 Å². The Morgan fingerprint density at radius 2 is 2.11 bits per heavy atom. The minimum atomic E-state index is -0.366. The fourth-order valence-corrected chi connectivity index (χ4v) is 1.91.